The van der Waals surface area contributed by atoms with Gasteiger partial charge in [0, 0.05) is 38.4 Å². The molecule has 1 aromatic rings. The van der Waals surface area contributed by atoms with Crippen LogP contribution in [0.25, 0.3) is 0 Å². The number of hydrogen-bond acceptors (Lipinski definition) is 4. The molecule has 1 amide bonds. The zero-order valence-corrected chi connectivity index (χ0v) is 12.0. The summed E-state index contributed by atoms with van der Waals surface area (Å²) < 4.78 is 0. The second-order valence-electron chi connectivity index (χ2n) is 5.56. The molecule has 3 rings (SSSR count). The molecule has 5 heteroatoms. The van der Waals surface area contributed by atoms with Crippen LogP contribution in [0.3, 0.4) is 0 Å². The van der Waals surface area contributed by atoms with E-state index in [0.717, 1.165) is 57.1 Å². The molecule has 0 radical (unpaired) electrons. The van der Waals surface area contributed by atoms with E-state index in [4.69, 9.17) is 0 Å². The second kappa shape index (κ2) is 5.79. The van der Waals surface area contributed by atoms with Crippen molar-refractivity contribution in [1.29, 1.82) is 0 Å². The SMILES string of the molecule is Cc1cccc(N2CCCC2C(=O)N2CCNCC2)n1. The molecule has 0 aromatic carbocycles. The Bertz CT molecular complexity index is 485. The smallest absolute Gasteiger partial charge is 0.245 e. The Morgan fingerprint density at radius 3 is 2.85 bits per heavy atom. The summed E-state index contributed by atoms with van der Waals surface area (Å²) in [6.45, 7) is 6.38. The molecule has 2 aliphatic heterocycles. The van der Waals surface area contributed by atoms with E-state index in [1.54, 1.807) is 0 Å². The van der Waals surface area contributed by atoms with Crippen LogP contribution in [0.2, 0.25) is 0 Å². The zero-order valence-electron chi connectivity index (χ0n) is 12.0. The van der Waals surface area contributed by atoms with Crippen LogP contribution in [0.1, 0.15) is 18.5 Å². The van der Waals surface area contributed by atoms with Crippen molar-refractivity contribution in [3.8, 4) is 0 Å². The monoisotopic (exact) mass is 274 g/mol. The van der Waals surface area contributed by atoms with Crippen LogP contribution in [-0.2, 0) is 4.79 Å². The Labute approximate surface area is 120 Å². The van der Waals surface area contributed by atoms with Crippen molar-refractivity contribution in [3.63, 3.8) is 0 Å². The standard InChI is InChI=1S/C15H22N4O/c1-12-4-2-6-14(17-12)19-9-3-5-13(19)15(20)18-10-7-16-8-11-18/h2,4,6,13,16H,3,5,7-11H2,1H3. The van der Waals surface area contributed by atoms with Gasteiger partial charge in [-0.05, 0) is 31.9 Å². The summed E-state index contributed by atoms with van der Waals surface area (Å²) in [6, 6.07) is 5.99. The quantitative estimate of drug-likeness (QED) is 0.866. The minimum atomic E-state index is -0.0256. The summed E-state index contributed by atoms with van der Waals surface area (Å²) >= 11 is 0. The van der Waals surface area contributed by atoms with Crippen LogP contribution in [0.4, 0.5) is 5.82 Å². The van der Waals surface area contributed by atoms with E-state index in [2.05, 4.69) is 15.2 Å². The van der Waals surface area contributed by atoms with E-state index < -0.39 is 0 Å². The van der Waals surface area contributed by atoms with Gasteiger partial charge in [0.15, 0.2) is 0 Å². The van der Waals surface area contributed by atoms with E-state index in [0.29, 0.717) is 0 Å². The summed E-state index contributed by atoms with van der Waals surface area (Å²) in [7, 11) is 0. The third-order valence-electron chi connectivity index (χ3n) is 4.13. The summed E-state index contributed by atoms with van der Waals surface area (Å²) in [5, 5.41) is 3.29. The van der Waals surface area contributed by atoms with Crippen molar-refractivity contribution < 1.29 is 4.79 Å². The van der Waals surface area contributed by atoms with Crippen molar-refractivity contribution in [3.05, 3.63) is 23.9 Å². The number of hydrogen-bond donors (Lipinski definition) is 1. The number of amides is 1. The number of pyridine rings is 1. The van der Waals surface area contributed by atoms with E-state index >= 15 is 0 Å². The third kappa shape index (κ3) is 2.63. The van der Waals surface area contributed by atoms with Gasteiger partial charge in [-0.1, -0.05) is 6.07 Å². The summed E-state index contributed by atoms with van der Waals surface area (Å²) in [5.74, 6) is 1.21. The minimum Gasteiger partial charge on any atom is -0.345 e. The van der Waals surface area contributed by atoms with Crippen molar-refractivity contribution in [2.45, 2.75) is 25.8 Å². The topological polar surface area (TPSA) is 48.5 Å². The molecule has 0 saturated carbocycles. The number of aryl methyl sites for hydroxylation is 1. The van der Waals surface area contributed by atoms with Gasteiger partial charge in [0.25, 0.3) is 0 Å². The molecule has 5 nitrogen and oxygen atoms in total. The van der Waals surface area contributed by atoms with Crippen molar-refractivity contribution in [2.24, 2.45) is 0 Å². The van der Waals surface area contributed by atoms with Gasteiger partial charge in [0.05, 0.1) is 0 Å². The predicted molar refractivity (Wildman–Crippen MR) is 78.8 cm³/mol. The largest absolute Gasteiger partial charge is 0.345 e. The molecule has 0 aliphatic carbocycles. The van der Waals surface area contributed by atoms with Gasteiger partial charge < -0.3 is 15.1 Å². The average molecular weight is 274 g/mol. The van der Waals surface area contributed by atoms with Gasteiger partial charge in [-0.25, -0.2) is 4.98 Å². The summed E-state index contributed by atoms with van der Waals surface area (Å²) in [5.41, 5.74) is 1.00. The first-order chi connectivity index (χ1) is 9.75. The van der Waals surface area contributed by atoms with E-state index in [9.17, 15) is 4.79 Å². The fraction of sp³-hybridized carbons (Fsp3) is 0.600. The predicted octanol–water partition coefficient (Wildman–Crippen LogP) is 0.791. The minimum absolute atomic E-state index is 0.0256. The number of carbonyl (C=O) groups excluding carboxylic acids is 1. The number of anilines is 1. The maximum Gasteiger partial charge on any atom is 0.245 e. The van der Waals surface area contributed by atoms with Crippen LogP contribution < -0.4 is 10.2 Å². The first kappa shape index (κ1) is 13.4. The highest BCUT2D eigenvalue weighted by molar-refractivity contribution is 5.85. The van der Waals surface area contributed by atoms with E-state index in [1.807, 2.05) is 30.0 Å². The lowest BCUT2D eigenvalue weighted by atomic mass is 10.1. The Balaban J connectivity index is 1.76. The first-order valence-corrected chi connectivity index (χ1v) is 7.45. The number of aromatic nitrogens is 1. The molecule has 1 atom stereocenters. The maximum absolute atomic E-state index is 12.7. The molecule has 0 spiro atoms. The zero-order chi connectivity index (χ0) is 13.9. The molecule has 1 N–H and O–H groups in total. The molecule has 20 heavy (non-hydrogen) atoms. The highest BCUT2D eigenvalue weighted by Gasteiger charge is 2.34. The highest BCUT2D eigenvalue weighted by Crippen LogP contribution is 2.25. The molecule has 2 aliphatic rings. The van der Waals surface area contributed by atoms with Crippen LogP contribution in [-0.4, -0.2) is 54.6 Å². The number of piperazine rings is 1. The number of nitrogens with one attached hydrogen (secondary N) is 1. The van der Waals surface area contributed by atoms with Gasteiger partial charge in [-0.3, -0.25) is 4.79 Å². The molecular formula is C15H22N4O. The van der Waals surface area contributed by atoms with Crippen molar-refractivity contribution in [1.82, 2.24) is 15.2 Å². The highest BCUT2D eigenvalue weighted by atomic mass is 16.2. The molecule has 2 fully saturated rings. The van der Waals surface area contributed by atoms with Crippen LogP contribution in [0, 0.1) is 6.92 Å². The normalized spacial score (nSPS) is 23.1. The molecule has 0 bridgehead atoms. The molecule has 3 heterocycles. The van der Waals surface area contributed by atoms with Gasteiger partial charge >= 0.3 is 0 Å². The maximum atomic E-state index is 12.7. The summed E-state index contributed by atoms with van der Waals surface area (Å²) in [6.07, 6.45) is 2.01. The fourth-order valence-corrected chi connectivity index (χ4v) is 3.08. The third-order valence-corrected chi connectivity index (χ3v) is 4.13. The molecule has 1 aromatic heterocycles. The van der Waals surface area contributed by atoms with Crippen LogP contribution in [0.5, 0.6) is 0 Å². The van der Waals surface area contributed by atoms with Gasteiger partial charge in [0.2, 0.25) is 5.91 Å². The lowest BCUT2D eigenvalue weighted by molar-refractivity contribution is -0.133. The second-order valence-corrected chi connectivity index (χ2v) is 5.56. The number of nitrogens with zero attached hydrogens (tertiary/aromatic N) is 3. The van der Waals surface area contributed by atoms with Crippen LogP contribution >= 0.6 is 0 Å². The molecule has 1 unspecified atom stereocenters. The lowest BCUT2D eigenvalue weighted by Crippen LogP contribution is -2.52. The van der Waals surface area contributed by atoms with E-state index in [1.165, 1.54) is 0 Å². The number of carbonyl (C=O) groups is 1. The Morgan fingerprint density at radius 2 is 2.10 bits per heavy atom. The number of rotatable bonds is 2. The average Bonchev–Trinajstić information content (AvgIpc) is 2.97. The van der Waals surface area contributed by atoms with Crippen molar-refractivity contribution in [2.75, 3.05) is 37.6 Å². The van der Waals surface area contributed by atoms with Gasteiger partial charge in [0.1, 0.15) is 11.9 Å². The van der Waals surface area contributed by atoms with Gasteiger partial charge in [-0.2, -0.15) is 0 Å². The van der Waals surface area contributed by atoms with Crippen molar-refractivity contribution >= 4 is 11.7 Å². The molecule has 108 valence electrons. The molecular weight excluding hydrogens is 252 g/mol. The fourth-order valence-electron chi connectivity index (χ4n) is 3.08. The van der Waals surface area contributed by atoms with E-state index in [-0.39, 0.29) is 11.9 Å². The molecule has 2 saturated heterocycles. The summed E-state index contributed by atoms with van der Waals surface area (Å²) in [4.78, 5) is 21.4. The Kier molecular flexibility index (Phi) is 3.87. The lowest BCUT2D eigenvalue weighted by Gasteiger charge is -2.33. The van der Waals surface area contributed by atoms with Gasteiger partial charge in [-0.15, -0.1) is 0 Å². The van der Waals surface area contributed by atoms with Crippen LogP contribution in [0.15, 0.2) is 18.2 Å². The first-order valence-electron chi connectivity index (χ1n) is 7.45. The Hall–Kier alpha value is -1.62. The Morgan fingerprint density at radius 1 is 1.30 bits per heavy atom.